The second-order valence-electron chi connectivity index (χ2n) is 5.03. The monoisotopic (exact) mass is 300 g/mol. The third-order valence-electron chi connectivity index (χ3n) is 2.68. The number of carboxylic acids is 1. The van der Waals surface area contributed by atoms with E-state index in [9.17, 15) is 9.59 Å². The quantitative estimate of drug-likeness (QED) is 0.734. The van der Waals surface area contributed by atoms with Crippen molar-refractivity contribution in [3.05, 3.63) is 6.33 Å². The number of hydrogen-bond donors (Lipinski definition) is 2. The molecule has 1 rings (SSSR count). The van der Waals surface area contributed by atoms with Crippen LogP contribution in [0, 0.1) is 5.92 Å². The second kappa shape index (κ2) is 7.28. The van der Waals surface area contributed by atoms with Crippen LogP contribution >= 0.6 is 11.8 Å². The van der Waals surface area contributed by atoms with E-state index < -0.39 is 12.0 Å². The Balaban J connectivity index is 2.55. The zero-order chi connectivity index (χ0) is 15.3. The summed E-state index contributed by atoms with van der Waals surface area (Å²) in [5.74, 6) is -1.40. The van der Waals surface area contributed by atoms with Crippen LogP contribution in [0.5, 0.6) is 0 Å². The number of amides is 1. The molecule has 0 aliphatic heterocycles. The van der Waals surface area contributed by atoms with Gasteiger partial charge in [0.1, 0.15) is 12.4 Å². The van der Waals surface area contributed by atoms with E-state index in [1.807, 2.05) is 18.4 Å². The van der Waals surface area contributed by atoms with Crippen LogP contribution in [0.3, 0.4) is 0 Å². The van der Waals surface area contributed by atoms with E-state index >= 15 is 0 Å². The Bertz CT molecular complexity index is 473. The molecule has 112 valence electrons. The van der Waals surface area contributed by atoms with Gasteiger partial charge in [-0.25, -0.2) is 4.79 Å². The smallest absolute Gasteiger partial charge is 0.326 e. The first-order valence-electron chi connectivity index (χ1n) is 6.37. The average molecular weight is 300 g/mol. The van der Waals surface area contributed by atoms with E-state index in [0.717, 1.165) is 0 Å². The van der Waals surface area contributed by atoms with Crippen molar-refractivity contribution in [1.82, 2.24) is 20.1 Å². The Morgan fingerprint density at radius 1 is 1.40 bits per heavy atom. The molecule has 0 aliphatic rings. The molecule has 0 fully saturated rings. The van der Waals surface area contributed by atoms with Crippen molar-refractivity contribution in [2.75, 3.05) is 5.75 Å². The number of carbonyl (C=O) groups excluding carboxylic acids is 1. The molecule has 0 saturated carbocycles. The molecule has 8 heteroatoms. The van der Waals surface area contributed by atoms with E-state index in [2.05, 4.69) is 15.5 Å². The number of aromatic nitrogens is 3. The van der Waals surface area contributed by atoms with Crippen LogP contribution < -0.4 is 5.32 Å². The molecule has 1 atom stereocenters. The third kappa shape index (κ3) is 4.52. The zero-order valence-corrected chi connectivity index (χ0v) is 12.8. The highest BCUT2D eigenvalue weighted by molar-refractivity contribution is 7.99. The summed E-state index contributed by atoms with van der Waals surface area (Å²) in [6, 6.07) is -0.663. The normalized spacial score (nSPS) is 12.7. The Labute approximate surface area is 122 Å². The van der Waals surface area contributed by atoms with Gasteiger partial charge < -0.3 is 15.0 Å². The maximum atomic E-state index is 11.8. The molecule has 1 aromatic heterocycles. The van der Waals surface area contributed by atoms with E-state index in [-0.39, 0.29) is 23.6 Å². The van der Waals surface area contributed by atoms with Gasteiger partial charge in [0.15, 0.2) is 5.16 Å². The van der Waals surface area contributed by atoms with Gasteiger partial charge in [-0.2, -0.15) is 0 Å². The number of rotatable bonds is 7. The van der Waals surface area contributed by atoms with Crippen molar-refractivity contribution in [1.29, 1.82) is 0 Å². The van der Waals surface area contributed by atoms with E-state index in [1.54, 1.807) is 20.2 Å². The summed E-state index contributed by atoms with van der Waals surface area (Å²) in [5, 5.41) is 19.9. The fourth-order valence-electron chi connectivity index (χ4n) is 1.55. The lowest BCUT2D eigenvalue weighted by atomic mass is 10.1. The average Bonchev–Trinajstić information content (AvgIpc) is 2.81. The molecule has 1 heterocycles. The summed E-state index contributed by atoms with van der Waals surface area (Å²) in [7, 11) is 0. The van der Waals surface area contributed by atoms with Crippen molar-refractivity contribution < 1.29 is 14.7 Å². The molecule has 2 N–H and O–H groups in total. The summed E-state index contributed by atoms with van der Waals surface area (Å²) < 4.78 is 1.86. The number of nitrogens with zero attached hydrogens (tertiary/aromatic N) is 3. The lowest BCUT2D eigenvalue weighted by molar-refractivity contribution is -0.142. The number of carboxylic acid groups (broad SMARTS) is 1. The third-order valence-corrected chi connectivity index (χ3v) is 3.64. The van der Waals surface area contributed by atoms with Crippen LogP contribution in [0.1, 0.15) is 33.7 Å². The minimum Gasteiger partial charge on any atom is -0.480 e. The van der Waals surface area contributed by atoms with Crippen LogP contribution in [0.2, 0.25) is 0 Å². The number of carbonyl (C=O) groups is 2. The van der Waals surface area contributed by atoms with Gasteiger partial charge in [0.25, 0.3) is 0 Å². The standard InChI is InChI=1S/C12H20N4O3S/c1-7(2)10(11(18)19)14-9(17)5-20-12-15-13-6-16(12)8(3)4/h6-8,10H,5H2,1-4H3,(H,14,17)(H,18,19)/t10-/m0/s1. The zero-order valence-electron chi connectivity index (χ0n) is 12.0. The van der Waals surface area contributed by atoms with Crippen LogP contribution in [0.15, 0.2) is 11.5 Å². The summed E-state index contributed by atoms with van der Waals surface area (Å²) in [6.45, 7) is 7.49. The first-order chi connectivity index (χ1) is 9.32. The molecular weight excluding hydrogens is 280 g/mol. The topological polar surface area (TPSA) is 97.1 Å². The summed E-state index contributed by atoms with van der Waals surface area (Å²) in [4.78, 5) is 22.8. The van der Waals surface area contributed by atoms with Crippen molar-refractivity contribution in [3.8, 4) is 0 Å². The Morgan fingerprint density at radius 2 is 2.05 bits per heavy atom. The maximum Gasteiger partial charge on any atom is 0.326 e. The van der Waals surface area contributed by atoms with E-state index in [1.165, 1.54) is 11.8 Å². The maximum absolute atomic E-state index is 11.8. The van der Waals surface area contributed by atoms with Gasteiger partial charge in [-0.1, -0.05) is 25.6 Å². The van der Waals surface area contributed by atoms with Gasteiger partial charge >= 0.3 is 5.97 Å². The molecule has 1 aromatic rings. The van der Waals surface area contributed by atoms with Gasteiger partial charge in [-0.3, -0.25) is 4.79 Å². The molecular formula is C12H20N4O3S. The molecule has 0 saturated heterocycles. The summed E-state index contributed by atoms with van der Waals surface area (Å²) >= 11 is 1.24. The lowest BCUT2D eigenvalue weighted by Crippen LogP contribution is -2.45. The van der Waals surface area contributed by atoms with Crippen LogP contribution in [-0.2, 0) is 9.59 Å². The first-order valence-corrected chi connectivity index (χ1v) is 7.36. The largest absolute Gasteiger partial charge is 0.480 e. The van der Waals surface area contributed by atoms with E-state index in [0.29, 0.717) is 5.16 Å². The summed E-state index contributed by atoms with van der Waals surface area (Å²) in [6.07, 6.45) is 1.61. The molecule has 0 aliphatic carbocycles. The van der Waals surface area contributed by atoms with Crippen molar-refractivity contribution in [3.63, 3.8) is 0 Å². The molecule has 0 bridgehead atoms. The second-order valence-corrected chi connectivity index (χ2v) is 5.97. The molecule has 0 unspecified atom stereocenters. The highest BCUT2D eigenvalue weighted by Gasteiger charge is 2.23. The molecule has 0 spiro atoms. The predicted octanol–water partition coefficient (Wildman–Crippen LogP) is 1.18. The number of aliphatic carboxylic acids is 1. The van der Waals surface area contributed by atoms with E-state index in [4.69, 9.17) is 5.11 Å². The fourth-order valence-corrected chi connectivity index (χ4v) is 2.40. The van der Waals surface area contributed by atoms with Crippen LogP contribution in [0.4, 0.5) is 0 Å². The molecule has 7 nitrogen and oxygen atoms in total. The van der Waals surface area contributed by atoms with Crippen molar-refractivity contribution >= 4 is 23.6 Å². The molecule has 1 amide bonds. The minimum atomic E-state index is -1.02. The fraction of sp³-hybridized carbons (Fsp3) is 0.667. The number of nitrogens with one attached hydrogen (secondary N) is 1. The van der Waals surface area contributed by atoms with Gasteiger partial charge in [-0.15, -0.1) is 10.2 Å². The van der Waals surface area contributed by atoms with Crippen molar-refractivity contribution in [2.24, 2.45) is 5.92 Å². The molecule has 20 heavy (non-hydrogen) atoms. The number of thioether (sulfide) groups is 1. The highest BCUT2D eigenvalue weighted by Crippen LogP contribution is 2.18. The van der Waals surface area contributed by atoms with Gasteiger partial charge in [0, 0.05) is 6.04 Å². The highest BCUT2D eigenvalue weighted by atomic mass is 32.2. The lowest BCUT2D eigenvalue weighted by Gasteiger charge is -2.17. The van der Waals surface area contributed by atoms with Crippen LogP contribution in [-0.4, -0.2) is 43.5 Å². The van der Waals surface area contributed by atoms with Crippen LogP contribution in [0.25, 0.3) is 0 Å². The van der Waals surface area contributed by atoms with Gasteiger partial charge in [-0.05, 0) is 19.8 Å². The predicted molar refractivity (Wildman–Crippen MR) is 75.5 cm³/mol. The Kier molecular flexibility index (Phi) is 6.00. The van der Waals surface area contributed by atoms with Crippen molar-refractivity contribution in [2.45, 2.75) is 44.9 Å². The first kappa shape index (κ1) is 16.5. The minimum absolute atomic E-state index is 0.113. The van der Waals surface area contributed by atoms with Gasteiger partial charge in [0.2, 0.25) is 5.91 Å². The molecule has 0 aromatic carbocycles. The summed E-state index contributed by atoms with van der Waals surface area (Å²) in [5.41, 5.74) is 0. The Morgan fingerprint density at radius 3 is 2.55 bits per heavy atom. The number of hydrogen-bond acceptors (Lipinski definition) is 5. The SMILES string of the molecule is CC(C)[C@H](NC(=O)CSc1nncn1C(C)C)C(=O)O. The molecule has 0 radical (unpaired) electrons. The van der Waals surface area contributed by atoms with Gasteiger partial charge in [0.05, 0.1) is 5.75 Å². The Hall–Kier alpha value is -1.57.